The molecule has 0 spiro atoms. The van der Waals surface area contributed by atoms with Crippen LogP contribution in [0.2, 0.25) is 0 Å². The topological polar surface area (TPSA) is 101 Å². The van der Waals surface area contributed by atoms with E-state index in [4.69, 9.17) is 4.74 Å². The predicted octanol–water partition coefficient (Wildman–Crippen LogP) is 0.301. The molecule has 1 saturated heterocycles. The zero-order chi connectivity index (χ0) is 21.3. The van der Waals surface area contributed by atoms with Gasteiger partial charge in [0.1, 0.15) is 12.6 Å². The number of rotatable bonds is 6. The van der Waals surface area contributed by atoms with Crippen molar-refractivity contribution in [1.82, 2.24) is 14.8 Å². The second-order valence-electron chi connectivity index (χ2n) is 7.74. The van der Waals surface area contributed by atoms with Gasteiger partial charge in [0.2, 0.25) is 11.8 Å². The van der Waals surface area contributed by atoms with Crippen molar-refractivity contribution in [2.45, 2.75) is 25.2 Å². The third kappa shape index (κ3) is 3.42. The Morgan fingerprint density at radius 2 is 1.93 bits per heavy atom. The van der Waals surface area contributed by atoms with Crippen LogP contribution in [0.5, 0.6) is 0 Å². The molecule has 4 rings (SSSR count). The number of nitrogens with zero attached hydrogens (tertiary/aromatic N) is 2. The number of aliphatic hydroxyl groups excluding tert-OH is 1. The van der Waals surface area contributed by atoms with Crippen LogP contribution in [-0.2, 0) is 27.4 Å². The molecule has 0 bridgehead atoms. The van der Waals surface area contributed by atoms with Crippen molar-refractivity contribution < 1.29 is 19.4 Å². The molecule has 8 nitrogen and oxygen atoms in total. The molecule has 0 unspecified atom stereocenters. The Bertz CT molecular complexity index is 990. The molecule has 158 valence electrons. The maximum Gasteiger partial charge on any atom is 0.250 e. The molecule has 0 saturated carbocycles. The van der Waals surface area contributed by atoms with Crippen LogP contribution in [0.25, 0.3) is 0 Å². The van der Waals surface area contributed by atoms with Gasteiger partial charge in [0, 0.05) is 50.4 Å². The fraction of sp³-hybridized carbons (Fsp3) is 0.409. The van der Waals surface area contributed by atoms with Gasteiger partial charge in [-0.05, 0) is 11.6 Å². The summed E-state index contributed by atoms with van der Waals surface area (Å²) in [7, 11) is 1.42. The number of aliphatic hydroxyl groups is 1. The highest BCUT2D eigenvalue weighted by Crippen LogP contribution is 2.49. The van der Waals surface area contributed by atoms with Crippen LogP contribution in [0, 0.1) is 11.8 Å². The first kappa shape index (κ1) is 20.3. The molecule has 1 aromatic carbocycles. The number of hydrogen-bond donors (Lipinski definition) is 2. The Hall–Kier alpha value is -2.97. The van der Waals surface area contributed by atoms with Crippen molar-refractivity contribution in [1.29, 1.82) is 0 Å². The lowest BCUT2D eigenvalue weighted by Crippen LogP contribution is -2.51. The number of fused-ring (bicyclic) bond motifs is 3. The van der Waals surface area contributed by atoms with Gasteiger partial charge >= 0.3 is 0 Å². The van der Waals surface area contributed by atoms with E-state index < -0.39 is 18.0 Å². The minimum Gasteiger partial charge on any atom is -0.396 e. The van der Waals surface area contributed by atoms with E-state index in [0.717, 1.165) is 5.56 Å². The maximum absolute atomic E-state index is 13.2. The van der Waals surface area contributed by atoms with E-state index in [-0.39, 0.29) is 36.5 Å². The van der Waals surface area contributed by atoms with Crippen molar-refractivity contribution in [3.63, 3.8) is 0 Å². The summed E-state index contributed by atoms with van der Waals surface area (Å²) in [5.41, 5.74) is 1.48. The van der Waals surface area contributed by atoms with Gasteiger partial charge in [0.15, 0.2) is 0 Å². The highest BCUT2D eigenvalue weighted by molar-refractivity contribution is 5.89. The summed E-state index contributed by atoms with van der Waals surface area (Å²) < 4.78 is 6.68. The highest BCUT2D eigenvalue weighted by atomic mass is 16.5. The predicted molar refractivity (Wildman–Crippen MR) is 108 cm³/mol. The van der Waals surface area contributed by atoms with Crippen LogP contribution in [0.1, 0.15) is 17.3 Å². The van der Waals surface area contributed by atoms with Gasteiger partial charge < -0.3 is 24.6 Å². The summed E-state index contributed by atoms with van der Waals surface area (Å²) in [6, 6.07) is 13.1. The number of benzene rings is 1. The number of amides is 2. The first-order chi connectivity index (χ1) is 14.6. The number of methoxy groups -OCH3 is 1. The summed E-state index contributed by atoms with van der Waals surface area (Å²) in [5.74, 6) is -1.36. The molecule has 2 aliphatic rings. The van der Waals surface area contributed by atoms with Gasteiger partial charge in [-0.2, -0.15) is 0 Å². The van der Waals surface area contributed by atoms with E-state index in [1.807, 2.05) is 30.3 Å². The molecule has 0 radical (unpaired) electrons. The van der Waals surface area contributed by atoms with Gasteiger partial charge in [0.25, 0.3) is 5.56 Å². The SMILES string of the molecule is COCC(=O)N1[C@@H]2c3cccc(=O)n3C[C@@H]2[C@@H](CO)[C@@H]1C(=O)NCc1ccccc1. The third-order valence-electron chi connectivity index (χ3n) is 6.09. The number of ether oxygens (including phenoxy) is 1. The van der Waals surface area contributed by atoms with E-state index in [1.165, 1.54) is 18.1 Å². The van der Waals surface area contributed by atoms with Crippen LogP contribution >= 0.6 is 0 Å². The average Bonchev–Trinajstić information content (AvgIpc) is 3.28. The first-order valence-electron chi connectivity index (χ1n) is 9.99. The Morgan fingerprint density at radius 3 is 2.63 bits per heavy atom. The molecule has 0 aliphatic carbocycles. The van der Waals surface area contributed by atoms with Crippen molar-refractivity contribution >= 4 is 11.8 Å². The third-order valence-corrected chi connectivity index (χ3v) is 6.09. The minimum atomic E-state index is -0.833. The number of carbonyl (C=O) groups is 2. The van der Waals surface area contributed by atoms with Crippen LogP contribution in [-0.4, -0.2) is 52.8 Å². The molecule has 1 aromatic heterocycles. The fourth-order valence-corrected chi connectivity index (χ4v) is 4.81. The monoisotopic (exact) mass is 411 g/mol. The molecular weight excluding hydrogens is 386 g/mol. The highest BCUT2D eigenvalue weighted by Gasteiger charge is 2.57. The Balaban J connectivity index is 1.67. The molecule has 4 atom stereocenters. The van der Waals surface area contributed by atoms with Crippen LogP contribution in [0.3, 0.4) is 0 Å². The van der Waals surface area contributed by atoms with E-state index >= 15 is 0 Å². The smallest absolute Gasteiger partial charge is 0.250 e. The Labute approximate surface area is 174 Å². The second-order valence-corrected chi connectivity index (χ2v) is 7.74. The van der Waals surface area contributed by atoms with Gasteiger partial charge in [0.05, 0.1) is 6.04 Å². The summed E-state index contributed by atoms with van der Waals surface area (Å²) in [6.07, 6.45) is 0. The zero-order valence-corrected chi connectivity index (χ0v) is 16.7. The van der Waals surface area contributed by atoms with Crippen molar-refractivity contribution in [2.24, 2.45) is 11.8 Å². The summed E-state index contributed by atoms with van der Waals surface area (Å²) in [4.78, 5) is 40.0. The number of likely N-dealkylation sites (tertiary alicyclic amines) is 1. The van der Waals surface area contributed by atoms with E-state index in [1.54, 1.807) is 16.7 Å². The number of carbonyl (C=O) groups excluding carboxylic acids is 2. The summed E-state index contributed by atoms with van der Waals surface area (Å²) in [5, 5.41) is 13.1. The van der Waals surface area contributed by atoms with E-state index in [2.05, 4.69) is 5.32 Å². The Morgan fingerprint density at radius 1 is 1.17 bits per heavy atom. The summed E-state index contributed by atoms with van der Waals surface area (Å²) in [6.45, 7) is 0.251. The molecular formula is C22H25N3O5. The van der Waals surface area contributed by atoms with Gasteiger partial charge in [-0.1, -0.05) is 36.4 Å². The van der Waals surface area contributed by atoms with Crippen molar-refractivity contribution in [3.8, 4) is 0 Å². The molecule has 3 heterocycles. The van der Waals surface area contributed by atoms with Crippen LogP contribution in [0.4, 0.5) is 0 Å². The lowest BCUT2D eigenvalue weighted by atomic mass is 9.88. The van der Waals surface area contributed by atoms with Crippen molar-refractivity contribution in [2.75, 3.05) is 20.3 Å². The second kappa shape index (κ2) is 8.41. The summed E-state index contributed by atoms with van der Waals surface area (Å²) >= 11 is 0. The molecule has 2 aromatic rings. The number of pyridine rings is 1. The number of hydrogen-bond acceptors (Lipinski definition) is 5. The average molecular weight is 411 g/mol. The van der Waals surface area contributed by atoms with Gasteiger partial charge in [-0.3, -0.25) is 14.4 Å². The molecule has 2 amide bonds. The normalized spacial score (nSPS) is 24.4. The number of nitrogens with one attached hydrogen (secondary N) is 1. The van der Waals surface area contributed by atoms with Crippen LogP contribution < -0.4 is 10.9 Å². The maximum atomic E-state index is 13.2. The molecule has 1 fully saturated rings. The molecule has 2 N–H and O–H groups in total. The Kier molecular flexibility index (Phi) is 5.69. The molecule has 8 heteroatoms. The zero-order valence-electron chi connectivity index (χ0n) is 16.7. The molecule has 2 aliphatic heterocycles. The minimum absolute atomic E-state index is 0.150. The number of aromatic nitrogens is 1. The van der Waals surface area contributed by atoms with E-state index in [9.17, 15) is 19.5 Å². The van der Waals surface area contributed by atoms with Crippen molar-refractivity contribution in [3.05, 3.63) is 70.1 Å². The first-order valence-corrected chi connectivity index (χ1v) is 9.99. The quantitative estimate of drug-likeness (QED) is 0.712. The van der Waals surface area contributed by atoms with Gasteiger partial charge in [-0.15, -0.1) is 0 Å². The lowest BCUT2D eigenvalue weighted by molar-refractivity contribution is -0.144. The lowest BCUT2D eigenvalue weighted by Gasteiger charge is -2.30. The fourth-order valence-electron chi connectivity index (χ4n) is 4.81. The van der Waals surface area contributed by atoms with Gasteiger partial charge in [-0.25, -0.2) is 0 Å². The molecule has 30 heavy (non-hydrogen) atoms. The van der Waals surface area contributed by atoms with E-state index in [0.29, 0.717) is 18.8 Å². The standard InChI is InChI=1S/C22H25N3O5/c1-30-13-19(28)25-20-15(11-24-17(20)8-5-9-18(24)27)16(12-26)21(25)22(29)23-10-14-6-3-2-4-7-14/h2-9,15-16,20-21,26H,10-13H2,1H3,(H,23,29)/t15-,16-,20+,21-/m1/s1. The van der Waals surface area contributed by atoms with Crippen LogP contribution in [0.15, 0.2) is 53.3 Å². The largest absolute Gasteiger partial charge is 0.396 e.